The number of nitrogens with zero attached hydrogens (tertiary/aromatic N) is 4. The summed E-state index contributed by atoms with van der Waals surface area (Å²) in [5.41, 5.74) is 6.51. The fraction of sp³-hybridized carbons (Fsp3) is 0.0833. The van der Waals surface area contributed by atoms with E-state index in [1.165, 1.54) is 6.33 Å². The smallest absolute Gasteiger partial charge is 0.166 e. The highest BCUT2D eigenvalue weighted by Crippen LogP contribution is 2.21. The van der Waals surface area contributed by atoms with Gasteiger partial charge in [0.15, 0.2) is 11.6 Å². The van der Waals surface area contributed by atoms with Crippen LogP contribution in [0.3, 0.4) is 0 Å². The summed E-state index contributed by atoms with van der Waals surface area (Å²) in [5.74, 6) is 1.96. The Labute approximate surface area is 109 Å². The van der Waals surface area contributed by atoms with Gasteiger partial charge < -0.3 is 15.5 Å². The number of imidazole rings is 1. The van der Waals surface area contributed by atoms with Crippen LogP contribution in [-0.2, 0) is 6.54 Å². The molecule has 96 valence electrons. The SMILES string of the molecule is Nc1c(NCc2ccco2)ncnc1-n1ccnc1. The molecule has 0 spiro atoms. The van der Waals surface area contributed by atoms with Crippen molar-refractivity contribution in [2.75, 3.05) is 11.1 Å². The van der Waals surface area contributed by atoms with E-state index in [9.17, 15) is 0 Å². The second kappa shape index (κ2) is 4.81. The highest BCUT2D eigenvalue weighted by molar-refractivity contribution is 5.69. The van der Waals surface area contributed by atoms with E-state index in [1.54, 1.807) is 29.6 Å². The predicted molar refractivity (Wildman–Crippen MR) is 69.6 cm³/mol. The molecule has 3 aromatic heterocycles. The summed E-state index contributed by atoms with van der Waals surface area (Å²) in [5, 5.41) is 3.11. The van der Waals surface area contributed by atoms with E-state index in [2.05, 4.69) is 20.3 Å². The zero-order valence-corrected chi connectivity index (χ0v) is 10.0. The summed E-state index contributed by atoms with van der Waals surface area (Å²) in [7, 11) is 0. The number of nitrogens with two attached hydrogens (primary N) is 1. The van der Waals surface area contributed by atoms with Crippen molar-refractivity contribution in [2.24, 2.45) is 0 Å². The van der Waals surface area contributed by atoms with Gasteiger partial charge in [-0.1, -0.05) is 0 Å². The van der Waals surface area contributed by atoms with Gasteiger partial charge in [0.05, 0.1) is 12.8 Å². The van der Waals surface area contributed by atoms with Crippen LogP contribution < -0.4 is 11.1 Å². The summed E-state index contributed by atoms with van der Waals surface area (Å²) in [4.78, 5) is 12.2. The predicted octanol–water partition coefficient (Wildman–Crippen LogP) is 1.45. The summed E-state index contributed by atoms with van der Waals surface area (Å²) in [6.45, 7) is 0.511. The van der Waals surface area contributed by atoms with Gasteiger partial charge >= 0.3 is 0 Å². The molecule has 7 heteroatoms. The quantitative estimate of drug-likeness (QED) is 0.733. The third-order valence-corrected chi connectivity index (χ3v) is 2.62. The minimum atomic E-state index is 0.465. The molecular formula is C12H12N6O. The number of hydrogen-bond acceptors (Lipinski definition) is 6. The summed E-state index contributed by atoms with van der Waals surface area (Å²) < 4.78 is 6.97. The van der Waals surface area contributed by atoms with Crippen LogP contribution in [0.5, 0.6) is 0 Å². The highest BCUT2D eigenvalue weighted by atomic mass is 16.3. The third-order valence-electron chi connectivity index (χ3n) is 2.62. The molecule has 3 rings (SSSR count). The summed E-state index contributed by atoms with van der Waals surface area (Å²) in [6.07, 6.45) is 8.15. The van der Waals surface area contributed by atoms with Crippen LogP contribution in [0.15, 0.2) is 47.9 Å². The van der Waals surface area contributed by atoms with E-state index < -0.39 is 0 Å². The first-order valence-corrected chi connectivity index (χ1v) is 5.69. The minimum Gasteiger partial charge on any atom is -0.467 e. The van der Waals surface area contributed by atoms with Crippen LogP contribution in [0, 0.1) is 0 Å². The Morgan fingerprint density at radius 2 is 2.32 bits per heavy atom. The molecule has 3 aromatic rings. The fourth-order valence-electron chi connectivity index (χ4n) is 1.70. The third kappa shape index (κ3) is 2.25. The van der Waals surface area contributed by atoms with Crippen LogP contribution in [0.1, 0.15) is 5.76 Å². The lowest BCUT2D eigenvalue weighted by molar-refractivity contribution is 0.518. The molecule has 0 aliphatic heterocycles. The van der Waals surface area contributed by atoms with Crippen molar-refractivity contribution in [1.29, 1.82) is 0 Å². The molecule has 0 radical (unpaired) electrons. The number of anilines is 2. The molecule has 0 fully saturated rings. The second-order valence-electron chi connectivity index (χ2n) is 3.86. The maximum atomic E-state index is 6.05. The van der Waals surface area contributed by atoms with Crippen molar-refractivity contribution in [3.05, 3.63) is 49.2 Å². The topological polar surface area (TPSA) is 94.8 Å². The number of rotatable bonds is 4. The number of aromatic nitrogens is 4. The average Bonchev–Trinajstić information content (AvgIpc) is 3.11. The van der Waals surface area contributed by atoms with Crippen molar-refractivity contribution in [2.45, 2.75) is 6.54 Å². The van der Waals surface area contributed by atoms with Gasteiger partial charge in [-0.15, -0.1) is 0 Å². The van der Waals surface area contributed by atoms with Gasteiger partial charge in [-0.05, 0) is 12.1 Å². The van der Waals surface area contributed by atoms with E-state index in [-0.39, 0.29) is 0 Å². The molecule has 3 N–H and O–H groups in total. The fourth-order valence-corrected chi connectivity index (χ4v) is 1.70. The second-order valence-corrected chi connectivity index (χ2v) is 3.86. The molecule has 0 saturated carbocycles. The molecule has 19 heavy (non-hydrogen) atoms. The van der Waals surface area contributed by atoms with Gasteiger partial charge in [-0.3, -0.25) is 4.57 Å². The van der Waals surface area contributed by atoms with Crippen molar-refractivity contribution in [3.63, 3.8) is 0 Å². The Morgan fingerprint density at radius 1 is 1.37 bits per heavy atom. The molecule has 0 aromatic carbocycles. The first-order chi connectivity index (χ1) is 9.34. The van der Waals surface area contributed by atoms with Gasteiger partial charge in [-0.2, -0.15) is 0 Å². The van der Waals surface area contributed by atoms with Crippen LogP contribution in [0.2, 0.25) is 0 Å². The summed E-state index contributed by atoms with van der Waals surface area (Å²) in [6, 6.07) is 3.71. The van der Waals surface area contributed by atoms with E-state index in [1.807, 2.05) is 12.1 Å². The van der Waals surface area contributed by atoms with E-state index in [0.29, 0.717) is 23.9 Å². The normalized spacial score (nSPS) is 10.5. The van der Waals surface area contributed by atoms with Crippen molar-refractivity contribution in [1.82, 2.24) is 19.5 Å². The largest absolute Gasteiger partial charge is 0.467 e. The van der Waals surface area contributed by atoms with Gasteiger partial charge in [0.2, 0.25) is 0 Å². The lowest BCUT2D eigenvalue weighted by atomic mass is 10.4. The van der Waals surface area contributed by atoms with Crippen molar-refractivity contribution in [3.8, 4) is 5.82 Å². The molecule has 0 bridgehead atoms. The molecular weight excluding hydrogens is 244 g/mol. The first kappa shape index (κ1) is 11.3. The van der Waals surface area contributed by atoms with Gasteiger partial charge in [0.1, 0.15) is 24.1 Å². The van der Waals surface area contributed by atoms with Gasteiger partial charge in [0.25, 0.3) is 0 Å². The molecule has 7 nitrogen and oxygen atoms in total. The molecule has 0 aliphatic rings. The standard InChI is InChI=1S/C12H12N6O/c13-10-11(15-6-9-2-1-5-19-9)16-7-17-12(10)18-4-3-14-8-18/h1-5,7-8H,6,13H2,(H,15,16,17). The van der Waals surface area contributed by atoms with E-state index >= 15 is 0 Å². The maximum Gasteiger partial charge on any atom is 0.166 e. The van der Waals surface area contributed by atoms with Crippen LogP contribution in [-0.4, -0.2) is 19.5 Å². The Kier molecular flexibility index (Phi) is 2.85. The van der Waals surface area contributed by atoms with Crippen LogP contribution >= 0.6 is 0 Å². The number of nitrogen functional groups attached to an aromatic ring is 1. The Bertz CT molecular complexity index is 647. The zero-order valence-electron chi connectivity index (χ0n) is 10.0. The van der Waals surface area contributed by atoms with Crippen molar-refractivity contribution >= 4 is 11.5 Å². The molecule has 0 aliphatic carbocycles. The van der Waals surface area contributed by atoms with Gasteiger partial charge in [-0.25, -0.2) is 15.0 Å². The van der Waals surface area contributed by atoms with Crippen molar-refractivity contribution < 1.29 is 4.42 Å². The van der Waals surface area contributed by atoms with Crippen LogP contribution in [0.4, 0.5) is 11.5 Å². The first-order valence-electron chi connectivity index (χ1n) is 5.69. The minimum absolute atomic E-state index is 0.465. The molecule has 0 unspecified atom stereocenters. The monoisotopic (exact) mass is 256 g/mol. The summed E-state index contributed by atoms with van der Waals surface area (Å²) >= 11 is 0. The van der Waals surface area contributed by atoms with E-state index in [0.717, 1.165) is 5.76 Å². The molecule has 0 saturated heterocycles. The Morgan fingerprint density at radius 3 is 3.05 bits per heavy atom. The van der Waals surface area contributed by atoms with Gasteiger partial charge in [0, 0.05) is 12.4 Å². The number of nitrogens with one attached hydrogen (secondary N) is 1. The van der Waals surface area contributed by atoms with E-state index in [4.69, 9.17) is 10.2 Å². The zero-order chi connectivity index (χ0) is 13.1. The lowest BCUT2D eigenvalue weighted by Crippen LogP contribution is -2.08. The average molecular weight is 256 g/mol. The maximum absolute atomic E-state index is 6.05. The lowest BCUT2D eigenvalue weighted by Gasteiger charge is -2.10. The highest BCUT2D eigenvalue weighted by Gasteiger charge is 2.09. The molecule has 0 atom stereocenters. The number of hydrogen-bond donors (Lipinski definition) is 2. The molecule has 3 heterocycles. The van der Waals surface area contributed by atoms with Crippen LogP contribution in [0.25, 0.3) is 5.82 Å². The molecule has 0 amide bonds. The number of furan rings is 1. The Balaban J connectivity index is 1.84. The Hall–Kier alpha value is -2.83.